The molecule has 1 fully saturated rings. The van der Waals surface area contributed by atoms with Crippen molar-refractivity contribution in [3.05, 3.63) is 0 Å². The van der Waals surface area contributed by atoms with Gasteiger partial charge in [0.2, 0.25) is 0 Å². The first-order valence-electron chi connectivity index (χ1n) is 6.62. The van der Waals surface area contributed by atoms with Crippen LogP contribution in [-0.4, -0.2) is 62.2 Å². The van der Waals surface area contributed by atoms with Crippen molar-refractivity contribution >= 4 is 0 Å². The van der Waals surface area contributed by atoms with E-state index in [1.165, 1.54) is 19.5 Å². The molecule has 0 spiro atoms. The highest BCUT2D eigenvalue weighted by atomic mass is 15.3. The maximum Gasteiger partial charge on any atom is 0.0229 e. The van der Waals surface area contributed by atoms with Gasteiger partial charge in [-0.2, -0.15) is 0 Å². The second-order valence-corrected chi connectivity index (χ2v) is 5.80. The van der Waals surface area contributed by atoms with E-state index in [2.05, 4.69) is 50.0 Å². The van der Waals surface area contributed by atoms with Gasteiger partial charge in [-0.15, -0.1) is 0 Å². The van der Waals surface area contributed by atoms with Crippen LogP contribution in [0.4, 0.5) is 0 Å². The molecule has 0 aromatic heterocycles. The zero-order valence-corrected chi connectivity index (χ0v) is 11.7. The highest BCUT2D eigenvalue weighted by molar-refractivity contribution is 4.84. The molecule has 0 bridgehead atoms. The second kappa shape index (κ2) is 6.58. The molecule has 16 heavy (non-hydrogen) atoms. The fourth-order valence-corrected chi connectivity index (χ4v) is 2.30. The summed E-state index contributed by atoms with van der Waals surface area (Å²) in [7, 11) is 4.38. The molecule has 3 heteroatoms. The molecule has 96 valence electrons. The lowest BCUT2D eigenvalue weighted by Crippen LogP contribution is -2.41. The highest BCUT2D eigenvalue weighted by Gasteiger charge is 2.26. The summed E-state index contributed by atoms with van der Waals surface area (Å²) in [5.74, 6) is 0.750. The molecule has 0 saturated carbocycles. The van der Waals surface area contributed by atoms with Gasteiger partial charge in [0.15, 0.2) is 0 Å². The summed E-state index contributed by atoms with van der Waals surface area (Å²) >= 11 is 0. The van der Waals surface area contributed by atoms with Gasteiger partial charge in [-0.05, 0) is 39.9 Å². The van der Waals surface area contributed by atoms with Crippen molar-refractivity contribution in [1.29, 1.82) is 0 Å². The van der Waals surface area contributed by atoms with Crippen molar-refractivity contribution in [2.24, 2.45) is 5.92 Å². The monoisotopic (exact) mass is 227 g/mol. The standard InChI is InChI=1S/C13H29N3/c1-11(2)8-14-9-12(3)16-7-6-13(10-16)15(4)5/h11-14H,6-10H2,1-5H3. The van der Waals surface area contributed by atoms with Gasteiger partial charge >= 0.3 is 0 Å². The minimum Gasteiger partial charge on any atom is -0.315 e. The summed E-state index contributed by atoms with van der Waals surface area (Å²) < 4.78 is 0. The predicted octanol–water partition coefficient (Wildman–Crippen LogP) is 1.26. The summed E-state index contributed by atoms with van der Waals surface area (Å²) in [6, 6.07) is 1.43. The molecule has 1 N–H and O–H groups in total. The largest absolute Gasteiger partial charge is 0.315 e. The second-order valence-electron chi connectivity index (χ2n) is 5.80. The zero-order valence-electron chi connectivity index (χ0n) is 11.7. The van der Waals surface area contributed by atoms with Crippen LogP contribution < -0.4 is 5.32 Å². The Kier molecular flexibility index (Phi) is 5.73. The molecule has 0 aliphatic carbocycles. The summed E-state index contributed by atoms with van der Waals surface area (Å²) in [4.78, 5) is 4.96. The summed E-state index contributed by atoms with van der Waals surface area (Å²) in [6.45, 7) is 11.6. The molecule has 2 unspecified atom stereocenters. The molecule has 3 nitrogen and oxygen atoms in total. The van der Waals surface area contributed by atoms with E-state index in [0.29, 0.717) is 6.04 Å². The van der Waals surface area contributed by atoms with Gasteiger partial charge in [0.1, 0.15) is 0 Å². The molecule has 0 aromatic carbocycles. The maximum absolute atomic E-state index is 3.55. The molecule has 1 rings (SSSR count). The topological polar surface area (TPSA) is 18.5 Å². The van der Waals surface area contributed by atoms with E-state index in [0.717, 1.165) is 25.0 Å². The SMILES string of the molecule is CC(C)CNCC(C)N1CCC(N(C)C)C1. The Hall–Kier alpha value is -0.120. The Balaban J connectivity index is 2.20. The summed E-state index contributed by atoms with van der Waals surface area (Å²) in [6.07, 6.45) is 1.32. The van der Waals surface area contributed by atoms with E-state index in [1.807, 2.05) is 0 Å². The number of likely N-dealkylation sites (N-methyl/N-ethyl adjacent to an activating group) is 1. The fourth-order valence-electron chi connectivity index (χ4n) is 2.30. The molecule has 2 atom stereocenters. The third-order valence-corrected chi connectivity index (χ3v) is 3.54. The third kappa shape index (κ3) is 4.40. The predicted molar refractivity (Wildman–Crippen MR) is 70.8 cm³/mol. The Morgan fingerprint density at radius 3 is 2.44 bits per heavy atom. The van der Waals surface area contributed by atoms with Crippen LogP contribution in [0.5, 0.6) is 0 Å². The summed E-state index contributed by atoms with van der Waals surface area (Å²) in [5.41, 5.74) is 0. The Morgan fingerprint density at radius 1 is 1.25 bits per heavy atom. The van der Waals surface area contributed by atoms with Crippen LogP contribution in [0, 0.1) is 5.92 Å². The normalized spacial score (nSPS) is 24.6. The minimum atomic E-state index is 0.670. The quantitative estimate of drug-likeness (QED) is 0.737. The van der Waals surface area contributed by atoms with Gasteiger partial charge < -0.3 is 10.2 Å². The van der Waals surface area contributed by atoms with E-state index >= 15 is 0 Å². The van der Waals surface area contributed by atoms with Crippen LogP contribution in [0.2, 0.25) is 0 Å². The van der Waals surface area contributed by atoms with Crippen molar-refractivity contribution in [3.63, 3.8) is 0 Å². The van der Waals surface area contributed by atoms with Crippen LogP contribution in [0.3, 0.4) is 0 Å². The van der Waals surface area contributed by atoms with E-state index in [1.54, 1.807) is 0 Å². The molecule has 1 heterocycles. The van der Waals surface area contributed by atoms with Gasteiger partial charge in [-0.1, -0.05) is 13.8 Å². The van der Waals surface area contributed by atoms with Crippen LogP contribution in [0.1, 0.15) is 27.2 Å². The van der Waals surface area contributed by atoms with Crippen molar-refractivity contribution in [2.45, 2.75) is 39.3 Å². The number of hydrogen-bond acceptors (Lipinski definition) is 3. The molecule has 1 saturated heterocycles. The Bertz CT molecular complexity index is 192. The number of likely N-dealkylation sites (tertiary alicyclic amines) is 1. The van der Waals surface area contributed by atoms with Gasteiger partial charge in [-0.25, -0.2) is 0 Å². The molecular formula is C13H29N3. The zero-order chi connectivity index (χ0) is 12.1. The Morgan fingerprint density at radius 2 is 1.94 bits per heavy atom. The Labute approximate surface area is 101 Å². The van der Waals surface area contributed by atoms with E-state index in [-0.39, 0.29) is 0 Å². The van der Waals surface area contributed by atoms with Crippen molar-refractivity contribution in [2.75, 3.05) is 40.3 Å². The van der Waals surface area contributed by atoms with Gasteiger partial charge in [0.05, 0.1) is 0 Å². The third-order valence-electron chi connectivity index (χ3n) is 3.54. The average Bonchev–Trinajstić information content (AvgIpc) is 2.65. The van der Waals surface area contributed by atoms with E-state index < -0.39 is 0 Å². The van der Waals surface area contributed by atoms with E-state index in [9.17, 15) is 0 Å². The smallest absolute Gasteiger partial charge is 0.0229 e. The fraction of sp³-hybridized carbons (Fsp3) is 1.00. The molecule has 0 radical (unpaired) electrons. The molecule has 0 amide bonds. The molecule has 1 aliphatic rings. The first-order valence-corrected chi connectivity index (χ1v) is 6.62. The number of rotatable bonds is 6. The average molecular weight is 227 g/mol. The van der Waals surface area contributed by atoms with Gasteiger partial charge in [-0.3, -0.25) is 4.90 Å². The maximum atomic E-state index is 3.55. The number of hydrogen-bond donors (Lipinski definition) is 1. The van der Waals surface area contributed by atoms with E-state index in [4.69, 9.17) is 0 Å². The minimum absolute atomic E-state index is 0.670. The van der Waals surface area contributed by atoms with Crippen molar-refractivity contribution in [1.82, 2.24) is 15.1 Å². The van der Waals surface area contributed by atoms with Crippen LogP contribution >= 0.6 is 0 Å². The molecule has 1 aliphatic heterocycles. The summed E-state index contributed by atoms with van der Waals surface area (Å²) in [5, 5.41) is 3.55. The van der Waals surface area contributed by atoms with Crippen LogP contribution in [0.25, 0.3) is 0 Å². The lowest BCUT2D eigenvalue weighted by molar-refractivity contribution is 0.221. The first kappa shape index (κ1) is 13.9. The van der Waals surface area contributed by atoms with Gasteiger partial charge in [0, 0.05) is 31.7 Å². The van der Waals surface area contributed by atoms with Crippen LogP contribution in [0.15, 0.2) is 0 Å². The van der Waals surface area contributed by atoms with Crippen LogP contribution in [-0.2, 0) is 0 Å². The lowest BCUT2D eigenvalue weighted by Gasteiger charge is -2.26. The first-order chi connectivity index (χ1) is 7.50. The molecule has 0 aromatic rings. The highest BCUT2D eigenvalue weighted by Crippen LogP contribution is 2.15. The van der Waals surface area contributed by atoms with Crippen molar-refractivity contribution < 1.29 is 0 Å². The van der Waals surface area contributed by atoms with Gasteiger partial charge in [0.25, 0.3) is 0 Å². The number of nitrogens with zero attached hydrogens (tertiary/aromatic N) is 2. The van der Waals surface area contributed by atoms with Crippen molar-refractivity contribution in [3.8, 4) is 0 Å². The number of nitrogens with one attached hydrogen (secondary N) is 1. The lowest BCUT2D eigenvalue weighted by atomic mass is 10.2. The molecular weight excluding hydrogens is 198 g/mol.